The van der Waals surface area contributed by atoms with Gasteiger partial charge in [-0.25, -0.2) is 4.39 Å². The highest BCUT2D eigenvalue weighted by molar-refractivity contribution is 5.95. The summed E-state index contributed by atoms with van der Waals surface area (Å²) in [5, 5.41) is 15.6. The van der Waals surface area contributed by atoms with E-state index >= 15 is 0 Å². The maximum Gasteiger partial charge on any atom is 0.417 e. The Kier molecular flexibility index (Phi) is 5.48. The largest absolute Gasteiger partial charge is 0.417 e. The van der Waals surface area contributed by atoms with E-state index in [-0.39, 0.29) is 16.7 Å². The number of carbonyl (C=O) groups excluding carboxylic acids is 1. The fourth-order valence-corrected chi connectivity index (χ4v) is 3.09. The number of β-amino-alcohol motifs (C(OH)–C–C–N with tert-alkyl or cyclic N) is 1. The van der Waals surface area contributed by atoms with Crippen LogP contribution in [0.1, 0.15) is 22.3 Å². The Morgan fingerprint density at radius 2 is 1.96 bits per heavy atom. The first-order valence-corrected chi connectivity index (χ1v) is 8.42. The number of hydrogen-bond acceptors (Lipinski definition) is 3. The number of alkyl halides is 3. The quantitative estimate of drug-likeness (QED) is 0.716. The molecule has 1 aliphatic heterocycles. The summed E-state index contributed by atoms with van der Waals surface area (Å²) < 4.78 is 53.3. The van der Waals surface area contributed by atoms with Crippen LogP contribution in [0.3, 0.4) is 0 Å². The Morgan fingerprint density at radius 3 is 2.67 bits per heavy atom. The van der Waals surface area contributed by atoms with Gasteiger partial charge >= 0.3 is 6.18 Å². The molecule has 1 aliphatic rings. The van der Waals surface area contributed by atoms with Crippen LogP contribution in [0.15, 0.2) is 42.5 Å². The van der Waals surface area contributed by atoms with Crippen LogP contribution in [0.25, 0.3) is 11.1 Å². The molecule has 1 heterocycles. The van der Waals surface area contributed by atoms with E-state index in [4.69, 9.17) is 0 Å². The number of nitrogens with one attached hydrogen (secondary N) is 2. The number of hydrogen-bond donors (Lipinski definition) is 3. The van der Waals surface area contributed by atoms with Gasteiger partial charge in [0.25, 0.3) is 5.91 Å². The second-order valence-electron chi connectivity index (χ2n) is 6.41. The highest BCUT2D eigenvalue weighted by Gasteiger charge is 2.34. The van der Waals surface area contributed by atoms with E-state index in [1.165, 1.54) is 24.3 Å². The fraction of sp³-hybridized carbons (Fsp3) is 0.316. The van der Waals surface area contributed by atoms with Gasteiger partial charge in [0.1, 0.15) is 5.82 Å². The summed E-state index contributed by atoms with van der Waals surface area (Å²) in [4.78, 5) is 12.5. The summed E-state index contributed by atoms with van der Waals surface area (Å²) in [6, 6.07) is 7.36. The van der Waals surface area contributed by atoms with E-state index < -0.39 is 35.6 Å². The van der Waals surface area contributed by atoms with Gasteiger partial charge in [-0.3, -0.25) is 4.79 Å². The first-order chi connectivity index (χ1) is 12.8. The van der Waals surface area contributed by atoms with Gasteiger partial charge in [0.15, 0.2) is 0 Å². The molecule has 2 aromatic carbocycles. The molecule has 0 unspecified atom stereocenters. The lowest BCUT2D eigenvalue weighted by molar-refractivity contribution is -0.137. The van der Waals surface area contributed by atoms with Crippen LogP contribution in [-0.2, 0) is 6.18 Å². The van der Waals surface area contributed by atoms with E-state index in [0.717, 1.165) is 12.1 Å². The lowest BCUT2D eigenvalue weighted by atomic mass is 9.97. The molecule has 0 saturated carbocycles. The van der Waals surface area contributed by atoms with Gasteiger partial charge < -0.3 is 15.7 Å². The van der Waals surface area contributed by atoms with Gasteiger partial charge in [-0.1, -0.05) is 12.1 Å². The summed E-state index contributed by atoms with van der Waals surface area (Å²) in [7, 11) is 0. The topological polar surface area (TPSA) is 61.4 Å². The van der Waals surface area contributed by atoms with Crippen LogP contribution in [0.4, 0.5) is 17.6 Å². The van der Waals surface area contributed by atoms with Crippen LogP contribution in [0.5, 0.6) is 0 Å². The minimum Gasteiger partial charge on any atom is -0.390 e. The standard InChI is InChI=1S/C19H18F4N2O2/c20-13-4-5-15(19(21,22)23)14(9-13)11-2-1-3-12(8-11)18(27)25-16-6-7-24-10-17(16)26/h1-5,8-9,16-17,24,26H,6-7,10H2,(H,25,27)/t16-,17-/m1/s1. The number of carbonyl (C=O) groups is 1. The summed E-state index contributed by atoms with van der Waals surface area (Å²) in [5.74, 6) is -1.31. The molecule has 0 spiro atoms. The molecule has 0 radical (unpaired) electrons. The third kappa shape index (κ3) is 4.45. The number of rotatable bonds is 3. The molecule has 1 fully saturated rings. The second-order valence-corrected chi connectivity index (χ2v) is 6.41. The molecule has 1 saturated heterocycles. The third-order valence-corrected chi connectivity index (χ3v) is 4.49. The van der Waals surface area contributed by atoms with Gasteiger partial charge in [0, 0.05) is 12.1 Å². The maximum atomic E-state index is 13.6. The summed E-state index contributed by atoms with van der Waals surface area (Å²) in [6.07, 6.45) is -4.86. The molecule has 144 valence electrons. The molecular formula is C19H18F4N2O2. The predicted molar refractivity (Wildman–Crippen MR) is 91.6 cm³/mol. The Hall–Kier alpha value is -2.45. The van der Waals surface area contributed by atoms with Crippen LogP contribution in [-0.4, -0.2) is 36.2 Å². The van der Waals surface area contributed by atoms with E-state index in [2.05, 4.69) is 10.6 Å². The van der Waals surface area contributed by atoms with Crippen LogP contribution >= 0.6 is 0 Å². The van der Waals surface area contributed by atoms with Crippen molar-refractivity contribution in [3.63, 3.8) is 0 Å². The minimum absolute atomic E-state index is 0.0836. The molecular weight excluding hydrogens is 364 g/mol. The molecule has 27 heavy (non-hydrogen) atoms. The Morgan fingerprint density at radius 1 is 1.19 bits per heavy atom. The molecule has 0 aliphatic carbocycles. The van der Waals surface area contributed by atoms with Crippen molar-refractivity contribution >= 4 is 5.91 Å². The van der Waals surface area contributed by atoms with Crippen LogP contribution < -0.4 is 10.6 Å². The number of benzene rings is 2. The molecule has 2 atom stereocenters. The Balaban J connectivity index is 1.90. The number of halogens is 4. The monoisotopic (exact) mass is 382 g/mol. The summed E-state index contributed by atoms with van der Waals surface area (Å²) in [5.41, 5.74) is -1.09. The van der Waals surface area contributed by atoms with Crippen molar-refractivity contribution in [3.8, 4) is 11.1 Å². The zero-order valence-electron chi connectivity index (χ0n) is 14.2. The van der Waals surface area contributed by atoms with Gasteiger partial charge in [0.2, 0.25) is 0 Å². The van der Waals surface area contributed by atoms with Gasteiger partial charge in [-0.05, 0) is 54.4 Å². The molecule has 3 N–H and O–H groups in total. The predicted octanol–water partition coefficient (Wildman–Crippen LogP) is 2.96. The molecule has 4 nitrogen and oxygen atoms in total. The maximum absolute atomic E-state index is 13.6. The van der Waals surface area contributed by atoms with Crippen molar-refractivity contribution in [1.82, 2.24) is 10.6 Å². The molecule has 0 aromatic heterocycles. The lowest BCUT2D eigenvalue weighted by Crippen LogP contribution is -2.52. The van der Waals surface area contributed by atoms with Gasteiger partial charge in [-0.2, -0.15) is 13.2 Å². The molecule has 2 aromatic rings. The first kappa shape index (κ1) is 19.3. The van der Waals surface area contributed by atoms with Crippen LogP contribution in [0, 0.1) is 5.82 Å². The first-order valence-electron chi connectivity index (χ1n) is 8.42. The highest BCUT2D eigenvalue weighted by Crippen LogP contribution is 2.37. The zero-order chi connectivity index (χ0) is 19.6. The average molecular weight is 382 g/mol. The average Bonchev–Trinajstić information content (AvgIpc) is 2.62. The number of amides is 1. The molecule has 8 heteroatoms. The van der Waals surface area contributed by atoms with Crippen molar-refractivity contribution in [2.24, 2.45) is 0 Å². The van der Waals surface area contributed by atoms with Crippen molar-refractivity contribution in [2.75, 3.05) is 13.1 Å². The van der Waals surface area contributed by atoms with Gasteiger partial charge in [0.05, 0.1) is 17.7 Å². The van der Waals surface area contributed by atoms with E-state index in [1.54, 1.807) is 0 Å². The normalized spacial score (nSPS) is 20.3. The van der Waals surface area contributed by atoms with Gasteiger partial charge in [-0.15, -0.1) is 0 Å². The minimum atomic E-state index is -4.65. The number of aliphatic hydroxyl groups is 1. The van der Waals surface area contributed by atoms with Crippen molar-refractivity contribution < 1.29 is 27.5 Å². The molecule has 3 rings (SSSR count). The molecule has 1 amide bonds. The Bertz CT molecular complexity index is 839. The smallest absolute Gasteiger partial charge is 0.390 e. The van der Waals surface area contributed by atoms with Crippen molar-refractivity contribution in [3.05, 3.63) is 59.4 Å². The molecule has 0 bridgehead atoms. The van der Waals surface area contributed by atoms with Crippen molar-refractivity contribution in [2.45, 2.75) is 24.7 Å². The second kappa shape index (κ2) is 7.66. The summed E-state index contributed by atoms with van der Waals surface area (Å²) in [6.45, 7) is 0.990. The number of piperidine rings is 1. The fourth-order valence-electron chi connectivity index (χ4n) is 3.09. The highest BCUT2D eigenvalue weighted by atomic mass is 19.4. The van der Waals surface area contributed by atoms with E-state index in [0.29, 0.717) is 25.6 Å². The van der Waals surface area contributed by atoms with Crippen molar-refractivity contribution in [1.29, 1.82) is 0 Å². The van der Waals surface area contributed by atoms with E-state index in [9.17, 15) is 27.5 Å². The van der Waals surface area contributed by atoms with E-state index in [1.807, 2.05) is 0 Å². The number of aliphatic hydroxyl groups excluding tert-OH is 1. The summed E-state index contributed by atoms with van der Waals surface area (Å²) >= 11 is 0. The Labute approximate surface area is 153 Å². The van der Waals surface area contributed by atoms with Crippen LogP contribution in [0.2, 0.25) is 0 Å². The SMILES string of the molecule is O=C(N[C@@H]1CCNC[C@H]1O)c1cccc(-c2cc(F)ccc2C(F)(F)F)c1. The lowest BCUT2D eigenvalue weighted by Gasteiger charge is -2.29. The zero-order valence-corrected chi connectivity index (χ0v) is 14.2. The third-order valence-electron chi connectivity index (χ3n) is 4.49.